The average molecular weight is 315 g/mol. The zero-order valence-electron chi connectivity index (χ0n) is 12.5. The van der Waals surface area contributed by atoms with Crippen LogP contribution in [0, 0.1) is 19.8 Å². The summed E-state index contributed by atoms with van der Waals surface area (Å²) in [4.78, 5) is 11.0. The van der Waals surface area contributed by atoms with Crippen molar-refractivity contribution in [2.75, 3.05) is 0 Å². The highest BCUT2D eigenvalue weighted by Gasteiger charge is 2.33. The van der Waals surface area contributed by atoms with Gasteiger partial charge in [0.05, 0.1) is 0 Å². The highest BCUT2D eigenvalue weighted by Crippen LogP contribution is 2.30. The lowest BCUT2D eigenvalue weighted by Crippen LogP contribution is -2.37. The van der Waals surface area contributed by atoms with Gasteiger partial charge in [0, 0.05) is 6.04 Å². The van der Waals surface area contributed by atoms with E-state index in [0.717, 1.165) is 25.7 Å². The molecule has 21 heavy (non-hydrogen) atoms. The maximum atomic E-state index is 12.5. The van der Waals surface area contributed by atoms with Crippen molar-refractivity contribution in [2.45, 2.75) is 57.4 Å². The van der Waals surface area contributed by atoms with Crippen LogP contribution in [0.4, 0.5) is 0 Å². The van der Waals surface area contributed by atoms with Crippen LogP contribution in [0.2, 0.25) is 0 Å². The minimum absolute atomic E-state index is 0.105. The Bertz CT molecular complexity index is 641. The molecule has 1 unspecified atom stereocenters. The van der Waals surface area contributed by atoms with E-state index in [1.54, 1.807) is 0 Å². The smallest absolute Gasteiger partial charge is 0.340 e. The second-order valence-corrected chi connectivity index (χ2v) is 7.33. The number of rotatable bonds is 5. The van der Waals surface area contributed by atoms with E-state index in [2.05, 4.69) is 4.72 Å². The molecule has 0 radical (unpaired) electrons. The Morgan fingerprint density at radius 3 is 2.38 bits per heavy atom. The lowest BCUT2D eigenvalue weighted by atomic mass is 10.0. The third-order valence-electron chi connectivity index (χ3n) is 4.14. The first-order chi connectivity index (χ1) is 9.74. The summed E-state index contributed by atoms with van der Waals surface area (Å²) in [7, 11) is -3.91. The predicted molar refractivity (Wildman–Crippen MR) is 76.9 cm³/mol. The van der Waals surface area contributed by atoms with Crippen molar-refractivity contribution in [1.29, 1.82) is 0 Å². The van der Waals surface area contributed by atoms with Crippen LogP contribution in [0.25, 0.3) is 0 Å². The molecule has 1 fully saturated rings. The van der Waals surface area contributed by atoms with Crippen molar-refractivity contribution in [3.63, 3.8) is 0 Å². The number of aromatic carboxylic acids is 1. The van der Waals surface area contributed by atoms with Gasteiger partial charge in [-0.15, -0.1) is 0 Å². The van der Waals surface area contributed by atoms with Crippen LogP contribution >= 0.6 is 0 Å². The molecule has 7 heteroatoms. The maximum absolute atomic E-state index is 12.5. The topological polar surface area (TPSA) is 96.6 Å². The van der Waals surface area contributed by atoms with E-state index in [1.807, 2.05) is 6.92 Å². The molecule has 118 valence electrons. The van der Waals surface area contributed by atoms with E-state index >= 15 is 0 Å². The highest BCUT2D eigenvalue weighted by molar-refractivity contribution is 7.89. The summed E-state index contributed by atoms with van der Waals surface area (Å²) in [5.74, 6) is -0.774. The van der Waals surface area contributed by atoms with Gasteiger partial charge < -0.3 is 9.52 Å². The summed E-state index contributed by atoms with van der Waals surface area (Å²) in [6, 6.07) is -0.214. The van der Waals surface area contributed by atoms with E-state index in [-0.39, 0.29) is 28.0 Å². The number of carbonyl (C=O) groups is 1. The first-order valence-corrected chi connectivity index (χ1v) is 8.58. The summed E-state index contributed by atoms with van der Waals surface area (Å²) in [6.07, 6.45) is 4.22. The van der Waals surface area contributed by atoms with Crippen LogP contribution in [-0.4, -0.2) is 25.5 Å². The molecule has 2 N–H and O–H groups in total. The fraction of sp³-hybridized carbons (Fsp3) is 0.643. The Labute approximate surface area is 124 Å². The first-order valence-electron chi connectivity index (χ1n) is 7.09. The Balaban J connectivity index is 2.33. The molecule has 1 saturated carbocycles. The van der Waals surface area contributed by atoms with Gasteiger partial charge in [-0.05, 0) is 39.5 Å². The van der Waals surface area contributed by atoms with E-state index in [0.29, 0.717) is 5.92 Å². The lowest BCUT2D eigenvalue weighted by Gasteiger charge is -2.20. The zero-order chi connectivity index (χ0) is 15.8. The van der Waals surface area contributed by atoms with Gasteiger partial charge in [-0.2, -0.15) is 0 Å². The van der Waals surface area contributed by atoms with Gasteiger partial charge in [0.25, 0.3) is 0 Å². The van der Waals surface area contributed by atoms with Crippen LogP contribution in [-0.2, 0) is 10.0 Å². The normalized spacial score (nSPS) is 18.0. The second kappa shape index (κ2) is 5.81. The molecule has 0 bridgehead atoms. The van der Waals surface area contributed by atoms with Crippen LogP contribution in [0.15, 0.2) is 9.31 Å². The SMILES string of the molecule is Cc1oc(C)c(S(=O)(=O)NC(C)C2CCCC2)c1C(=O)O. The molecule has 1 aliphatic rings. The highest BCUT2D eigenvalue weighted by atomic mass is 32.2. The molecule has 1 aromatic rings. The minimum Gasteiger partial charge on any atom is -0.478 e. The van der Waals surface area contributed by atoms with Gasteiger partial charge in [-0.25, -0.2) is 17.9 Å². The van der Waals surface area contributed by atoms with Gasteiger partial charge in [-0.3, -0.25) is 0 Å². The van der Waals surface area contributed by atoms with Crippen LogP contribution < -0.4 is 4.72 Å². The largest absolute Gasteiger partial charge is 0.478 e. The number of aryl methyl sites for hydroxylation is 2. The zero-order valence-corrected chi connectivity index (χ0v) is 13.3. The van der Waals surface area contributed by atoms with E-state index in [4.69, 9.17) is 4.42 Å². The minimum atomic E-state index is -3.91. The molecule has 6 nitrogen and oxygen atoms in total. The van der Waals surface area contributed by atoms with E-state index in [1.165, 1.54) is 13.8 Å². The van der Waals surface area contributed by atoms with E-state index in [9.17, 15) is 18.3 Å². The van der Waals surface area contributed by atoms with Crippen molar-refractivity contribution in [3.05, 3.63) is 17.1 Å². The Kier molecular flexibility index (Phi) is 4.43. The summed E-state index contributed by atoms with van der Waals surface area (Å²) < 4.78 is 32.9. The number of furan rings is 1. The van der Waals surface area contributed by atoms with Gasteiger partial charge >= 0.3 is 5.97 Å². The number of sulfonamides is 1. The van der Waals surface area contributed by atoms with Crippen molar-refractivity contribution < 1.29 is 22.7 Å². The lowest BCUT2D eigenvalue weighted by molar-refractivity contribution is 0.0691. The van der Waals surface area contributed by atoms with Crippen molar-refractivity contribution in [3.8, 4) is 0 Å². The fourth-order valence-corrected chi connectivity index (χ4v) is 4.81. The molecule has 0 saturated heterocycles. The molecule has 1 heterocycles. The van der Waals surface area contributed by atoms with Crippen molar-refractivity contribution >= 4 is 16.0 Å². The molecule has 2 rings (SSSR count). The van der Waals surface area contributed by atoms with Gasteiger partial charge in [0.1, 0.15) is 22.0 Å². The number of hydrogen-bond donors (Lipinski definition) is 2. The van der Waals surface area contributed by atoms with Crippen LogP contribution in [0.1, 0.15) is 54.5 Å². The Morgan fingerprint density at radius 1 is 1.29 bits per heavy atom. The average Bonchev–Trinajstić information content (AvgIpc) is 2.95. The van der Waals surface area contributed by atoms with Gasteiger partial charge in [-0.1, -0.05) is 12.8 Å². The summed E-state index contributed by atoms with van der Waals surface area (Å²) >= 11 is 0. The molecule has 1 aromatic heterocycles. The van der Waals surface area contributed by atoms with Crippen molar-refractivity contribution in [1.82, 2.24) is 4.72 Å². The van der Waals surface area contributed by atoms with Crippen LogP contribution in [0.5, 0.6) is 0 Å². The van der Waals surface area contributed by atoms with E-state index < -0.39 is 16.0 Å². The molecule has 1 atom stereocenters. The quantitative estimate of drug-likeness (QED) is 0.870. The molecule has 0 aromatic carbocycles. The monoisotopic (exact) mass is 315 g/mol. The summed E-state index contributed by atoms with van der Waals surface area (Å²) in [5.41, 5.74) is -0.279. The molecule has 0 spiro atoms. The number of carboxylic acid groups (broad SMARTS) is 1. The number of hydrogen-bond acceptors (Lipinski definition) is 4. The molecule has 1 aliphatic carbocycles. The Hall–Kier alpha value is -1.34. The number of nitrogens with one attached hydrogen (secondary N) is 1. The first kappa shape index (κ1) is 16.0. The molecule has 0 amide bonds. The van der Waals surface area contributed by atoms with Gasteiger partial charge in [0.2, 0.25) is 10.0 Å². The molecule has 0 aliphatic heterocycles. The third kappa shape index (κ3) is 3.13. The number of carboxylic acids is 1. The standard InChI is InChI=1S/C14H21NO5S/c1-8(11-6-4-5-7-11)15-21(18,19)13-10(3)20-9(2)12(13)14(16)17/h8,11,15H,4-7H2,1-3H3,(H,16,17). The predicted octanol–water partition coefficient (Wildman–Crippen LogP) is 2.45. The second-order valence-electron chi connectivity index (χ2n) is 5.68. The summed E-state index contributed by atoms with van der Waals surface area (Å²) in [6.45, 7) is 4.75. The maximum Gasteiger partial charge on any atom is 0.340 e. The Morgan fingerprint density at radius 2 is 1.86 bits per heavy atom. The van der Waals surface area contributed by atoms with Gasteiger partial charge in [0.15, 0.2) is 0 Å². The fourth-order valence-electron chi connectivity index (χ4n) is 3.09. The van der Waals surface area contributed by atoms with Crippen LogP contribution in [0.3, 0.4) is 0 Å². The van der Waals surface area contributed by atoms with Crippen molar-refractivity contribution in [2.24, 2.45) is 5.92 Å². The summed E-state index contributed by atoms with van der Waals surface area (Å²) in [5, 5.41) is 9.22. The molecular formula is C14H21NO5S. The molecular weight excluding hydrogens is 294 g/mol. The third-order valence-corrected chi connectivity index (χ3v) is 5.85.